The van der Waals surface area contributed by atoms with Gasteiger partial charge in [-0.25, -0.2) is 10.2 Å². The van der Waals surface area contributed by atoms with E-state index in [0.29, 0.717) is 34.3 Å². The fourth-order valence-electron chi connectivity index (χ4n) is 2.64. The summed E-state index contributed by atoms with van der Waals surface area (Å²) >= 11 is 9.26. The first kappa shape index (κ1) is 24.3. The lowest BCUT2D eigenvalue weighted by Crippen LogP contribution is -2.24. The second-order valence-electron chi connectivity index (χ2n) is 6.57. The van der Waals surface area contributed by atoms with Crippen LogP contribution in [-0.2, 0) is 4.79 Å². The first-order valence-corrected chi connectivity index (χ1v) is 11.1. The van der Waals surface area contributed by atoms with Gasteiger partial charge in [-0.15, -0.1) is 0 Å². The third-order valence-electron chi connectivity index (χ3n) is 4.13. The molecule has 0 saturated carbocycles. The number of ether oxygens (including phenoxy) is 3. The molecule has 0 atom stereocenters. The van der Waals surface area contributed by atoms with Crippen molar-refractivity contribution >= 4 is 45.6 Å². The molecule has 0 fully saturated rings. The highest BCUT2D eigenvalue weighted by atomic mass is 79.9. The van der Waals surface area contributed by atoms with Gasteiger partial charge >= 0.3 is 5.97 Å². The highest BCUT2D eigenvalue weighted by Crippen LogP contribution is 2.23. The molecule has 0 unspecified atom stereocenters. The first-order valence-electron chi connectivity index (χ1n) is 9.89. The molecule has 170 valence electrons. The highest BCUT2D eigenvalue weighted by Gasteiger charge is 2.12. The third-order valence-corrected chi connectivity index (χ3v) is 4.86. The molecule has 33 heavy (non-hydrogen) atoms. The van der Waals surface area contributed by atoms with Crippen LogP contribution in [-0.4, -0.2) is 31.3 Å². The van der Waals surface area contributed by atoms with Crippen LogP contribution in [0.2, 0.25) is 5.02 Å². The van der Waals surface area contributed by atoms with Gasteiger partial charge in [0.1, 0.15) is 17.2 Å². The van der Waals surface area contributed by atoms with Gasteiger partial charge in [0.2, 0.25) is 0 Å². The quantitative estimate of drug-likeness (QED) is 0.176. The molecule has 1 N–H and O–H groups in total. The van der Waals surface area contributed by atoms with Crippen molar-refractivity contribution in [3.63, 3.8) is 0 Å². The Morgan fingerprint density at radius 3 is 2.55 bits per heavy atom. The normalized spacial score (nSPS) is 10.6. The van der Waals surface area contributed by atoms with Gasteiger partial charge in [0, 0.05) is 15.1 Å². The lowest BCUT2D eigenvalue weighted by molar-refractivity contribution is -0.123. The maximum atomic E-state index is 12.5. The Bertz CT molecular complexity index is 1150. The van der Waals surface area contributed by atoms with E-state index in [0.717, 1.165) is 4.47 Å². The van der Waals surface area contributed by atoms with Crippen LogP contribution in [0.25, 0.3) is 0 Å². The van der Waals surface area contributed by atoms with Crippen LogP contribution < -0.4 is 19.6 Å². The molecule has 9 heteroatoms. The molecule has 0 heterocycles. The maximum absolute atomic E-state index is 12.5. The summed E-state index contributed by atoms with van der Waals surface area (Å²) in [6.07, 6.45) is 1.38. The van der Waals surface area contributed by atoms with Crippen molar-refractivity contribution in [1.82, 2.24) is 5.43 Å². The Morgan fingerprint density at radius 2 is 1.82 bits per heavy atom. The first-order chi connectivity index (χ1) is 15.9. The monoisotopic (exact) mass is 530 g/mol. The van der Waals surface area contributed by atoms with Crippen LogP contribution in [0.15, 0.2) is 76.3 Å². The molecule has 0 saturated heterocycles. The third kappa shape index (κ3) is 7.62. The van der Waals surface area contributed by atoms with Crippen LogP contribution in [0.1, 0.15) is 22.8 Å². The number of carbonyl (C=O) groups excluding carboxylic acids is 2. The Labute approximate surface area is 204 Å². The summed E-state index contributed by atoms with van der Waals surface area (Å²) in [4.78, 5) is 24.5. The van der Waals surface area contributed by atoms with Crippen molar-refractivity contribution in [2.24, 2.45) is 5.10 Å². The Balaban J connectivity index is 1.61. The molecule has 0 aromatic heterocycles. The number of carbonyl (C=O) groups is 2. The molecule has 0 aliphatic carbocycles. The molecule has 1 amide bonds. The Morgan fingerprint density at radius 1 is 1.03 bits per heavy atom. The standard InChI is InChI=1S/C24H20BrClN2O5/c1-2-31-20-9-6-16(7-10-20)24(30)33-22-11-8-18(25)12-17(22)14-27-28-23(29)15-32-21-5-3-4-19(26)13-21/h3-14H,2,15H2,1H3,(H,28,29). The average molecular weight is 532 g/mol. The minimum absolute atomic E-state index is 0.240. The number of hydrogen-bond acceptors (Lipinski definition) is 6. The second kappa shape index (κ2) is 12.0. The number of halogens is 2. The topological polar surface area (TPSA) is 86.2 Å². The zero-order chi connectivity index (χ0) is 23.6. The fourth-order valence-corrected chi connectivity index (χ4v) is 3.20. The van der Waals surface area contributed by atoms with E-state index in [4.69, 9.17) is 25.8 Å². The minimum atomic E-state index is -0.533. The number of esters is 1. The molecule has 0 aliphatic heterocycles. The summed E-state index contributed by atoms with van der Waals surface area (Å²) in [6.45, 7) is 2.18. The lowest BCUT2D eigenvalue weighted by atomic mass is 10.2. The summed E-state index contributed by atoms with van der Waals surface area (Å²) in [5.41, 5.74) is 3.23. The molecule has 0 bridgehead atoms. The minimum Gasteiger partial charge on any atom is -0.494 e. The van der Waals surface area contributed by atoms with Crippen LogP contribution in [0.5, 0.6) is 17.2 Å². The van der Waals surface area contributed by atoms with E-state index in [1.54, 1.807) is 66.7 Å². The van der Waals surface area contributed by atoms with Gasteiger partial charge in [0.25, 0.3) is 5.91 Å². The molecule has 3 rings (SSSR count). The zero-order valence-electron chi connectivity index (χ0n) is 17.6. The predicted molar refractivity (Wildman–Crippen MR) is 129 cm³/mol. The summed E-state index contributed by atoms with van der Waals surface area (Å²) in [5, 5.41) is 4.43. The van der Waals surface area contributed by atoms with Gasteiger partial charge in [-0.2, -0.15) is 5.10 Å². The zero-order valence-corrected chi connectivity index (χ0v) is 19.9. The van der Waals surface area contributed by atoms with Crippen molar-refractivity contribution in [2.45, 2.75) is 6.92 Å². The summed E-state index contributed by atoms with van der Waals surface area (Å²) < 4.78 is 17.0. The van der Waals surface area contributed by atoms with Gasteiger partial charge in [0.05, 0.1) is 18.4 Å². The molecule has 3 aromatic rings. The predicted octanol–water partition coefficient (Wildman–Crippen LogP) is 5.25. The smallest absolute Gasteiger partial charge is 0.343 e. The molecule has 0 aliphatic rings. The van der Waals surface area contributed by atoms with Gasteiger partial charge in [0.15, 0.2) is 6.61 Å². The summed E-state index contributed by atoms with van der Waals surface area (Å²) in [5.74, 6) is 0.422. The average Bonchev–Trinajstić information content (AvgIpc) is 2.80. The number of hydrazone groups is 1. The van der Waals surface area contributed by atoms with Gasteiger partial charge in [-0.1, -0.05) is 33.6 Å². The largest absolute Gasteiger partial charge is 0.494 e. The SMILES string of the molecule is CCOc1ccc(C(=O)Oc2ccc(Br)cc2C=NNC(=O)COc2cccc(Cl)c2)cc1. The van der Waals surface area contributed by atoms with Gasteiger partial charge in [-0.3, -0.25) is 4.79 Å². The van der Waals surface area contributed by atoms with Gasteiger partial charge in [-0.05, 0) is 67.6 Å². The van der Waals surface area contributed by atoms with E-state index in [2.05, 4.69) is 26.5 Å². The number of rotatable bonds is 9. The van der Waals surface area contributed by atoms with E-state index in [1.165, 1.54) is 6.21 Å². The van der Waals surface area contributed by atoms with E-state index >= 15 is 0 Å². The molecule has 3 aromatic carbocycles. The molecular weight excluding hydrogens is 512 g/mol. The number of nitrogens with one attached hydrogen (secondary N) is 1. The summed E-state index contributed by atoms with van der Waals surface area (Å²) in [6, 6.07) is 18.4. The summed E-state index contributed by atoms with van der Waals surface area (Å²) in [7, 11) is 0. The molecular formula is C24H20BrClN2O5. The van der Waals surface area contributed by atoms with E-state index < -0.39 is 11.9 Å². The maximum Gasteiger partial charge on any atom is 0.343 e. The van der Waals surface area contributed by atoms with Crippen molar-refractivity contribution < 1.29 is 23.8 Å². The Kier molecular flexibility index (Phi) is 8.86. The Hall–Kier alpha value is -3.36. The van der Waals surface area contributed by atoms with Crippen molar-refractivity contribution in [1.29, 1.82) is 0 Å². The van der Waals surface area contributed by atoms with E-state index in [9.17, 15) is 9.59 Å². The molecule has 0 spiro atoms. The molecule has 7 nitrogen and oxygen atoms in total. The van der Waals surface area contributed by atoms with E-state index in [1.807, 2.05) is 6.92 Å². The number of nitrogens with zero attached hydrogens (tertiary/aromatic N) is 1. The van der Waals surface area contributed by atoms with Crippen LogP contribution in [0.3, 0.4) is 0 Å². The van der Waals surface area contributed by atoms with Crippen LogP contribution in [0.4, 0.5) is 0 Å². The highest BCUT2D eigenvalue weighted by molar-refractivity contribution is 9.10. The number of amides is 1. The number of hydrogen-bond donors (Lipinski definition) is 1. The second-order valence-corrected chi connectivity index (χ2v) is 7.92. The van der Waals surface area contributed by atoms with E-state index in [-0.39, 0.29) is 12.4 Å². The van der Waals surface area contributed by atoms with Crippen molar-refractivity contribution in [2.75, 3.05) is 13.2 Å². The fraction of sp³-hybridized carbons (Fsp3) is 0.125. The number of benzene rings is 3. The van der Waals surface area contributed by atoms with Crippen LogP contribution >= 0.6 is 27.5 Å². The van der Waals surface area contributed by atoms with Crippen LogP contribution in [0, 0.1) is 0 Å². The van der Waals surface area contributed by atoms with Crippen molar-refractivity contribution in [3.8, 4) is 17.2 Å². The lowest BCUT2D eigenvalue weighted by Gasteiger charge is -2.09. The molecule has 0 radical (unpaired) electrons. The van der Waals surface area contributed by atoms with Gasteiger partial charge < -0.3 is 14.2 Å². The van der Waals surface area contributed by atoms with Crippen molar-refractivity contribution in [3.05, 3.63) is 87.4 Å².